The molecule has 0 aliphatic carbocycles. The molecule has 1 unspecified atom stereocenters. The molecule has 1 atom stereocenters. The molecule has 0 amide bonds. The summed E-state index contributed by atoms with van der Waals surface area (Å²) in [7, 11) is 0. The van der Waals surface area contributed by atoms with Crippen LogP contribution in [0.3, 0.4) is 0 Å². The van der Waals surface area contributed by atoms with Crippen molar-refractivity contribution < 1.29 is 13.2 Å². The molecule has 0 fully saturated rings. The Hall–Kier alpha value is -1.88. The number of aromatic nitrogens is 1. The highest BCUT2D eigenvalue weighted by Crippen LogP contribution is 2.36. The largest absolute Gasteiger partial charge is 0.417 e. The van der Waals surface area contributed by atoms with Crippen molar-refractivity contribution in [2.75, 3.05) is 0 Å². The number of benzene rings is 1. The van der Waals surface area contributed by atoms with Crippen LogP contribution in [0.2, 0.25) is 0 Å². The lowest BCUT2D eigenvalue weighted by molar-refractivity contribution is -0.137. The standard InChI is InChI=1S/C14H13F3N2/c1-9(18)10-3-2-4-11(7-10)12-8-19-6-5-13(12)14(15,16)17/h2-9H,18H2,1H3. The Labute approximate surface area is 109 Å². The van der Waals surface area contributed by atoms with Crippen LogP contribution >= 0.6 is 0 Å². The fourth-order valence-corrected chi connectivity index (χ4v) is 1.86. The average molecular weight is 266 g/mol. The van der Waals surface area contributed by atoms with Gasteiger partial charge in [0.1, 0.15) is 0 Å². The topological polar surface area (TPSA) is 38.9 Å². The van der Waals surface area contributed by atoms with Gasteiger partial charge in [-0.2, -0.15) is 13.2 Å². The number of nitrogens with zero attached hydrogens (tertiary/aromatic N) is 1. The van der Waals surface area contributed by atoms with Crippen LogP contribution in [0.25, 0.3) is 11.1 Å². The minimum Gasteiger partial charge on any atom is -0.324 e. The monoisotopic (exact) mass is 266 g/mol. The highest BCUT2D eigenvalue weighted by atomic mass is 19.4. The van der Waals surface area contributed by atoms with Gasteiger partial charge in [0.2, 0.25) is 0 Å². The Kier molecular flexibility index (Phi) is 3.57. The van der Waals surface area contributed by atoms with Gasteiger partial charge in [0, 0.05) is 24.0 Å². The van der Waals surface area contributed by atoms with E-state index >= 15 is 0 Å². The summed E-state index contributed by atoms with van der Waals surface area (Å²) in [6.45, 7) is 1.78. The van der Waals surface area contributed by atoms with E-state index in [4.69, 9.17) is 5.73 Å². The van der Waals surface area contributed by atoms with E-state index in [1.165, 1.54) is 6.20 Å². The van der Waals surface area contributed by atoms with Crippen molar-refractivity contribution in [1.82, 2.24) is 4.98 Å². The van der Waals surface area contributed by atoms with E-state index in [-0.39, 0.29) is 11.6 Å². The summed E-state index contributed by atoms with van der Waals surface area (Å²) < 4.78 is 38.8. The second-order valence-corrected chi connectivity index (χ2v) is 4.33. The van der Waals surface area contributed by atoms with E-state index in [2.05, 4.69) is 4.98 Å². The van der Waals surface area contributed by atoms with Gasteiger partial charge in [0.25, 0.3) is 0 Å². The molecule has 0 saturated heterocycles. The van der Waals surface area contributed by atoms with Gasteiger partial charge in [-0.1, -0.05) is 18.2 Å². The molecule has 19 heavy (non-hydrogen) atoms. The summed E-state index contributed by atoms with van der Waals surface area (Å²) in [5, 5.41) is 0. The zero-order valence-electron chi connectivity index (χ0n) is 10.3. The molecule has 0 aliphatic heterocycles. The van der Waals surface area contributed by atoms with Gasteiger partial charge in [0.15, 0.2) is 0 Å². The third kappa shape index (κ3) is 2.93. The Morgan fingerprint density at radius 1 is 1.21 bits per heavy atom. The number of rotatable bonds is 2. The average Bonchev–Trinajstić information content (AvgIpc) is 2.38. The predicted molar refractivity (Wildman–Crippen MR) is 67.3 cm³/mol. The lowest BCUT2D eigenvalue weighted by Gasteiger charge is -2.13. The molecule has 0 bridgehead atoms. The smallest absolute Gasteiger partial charge is 0.324 e. The third-order valence-electron chi connectivity index (χ3n) is 2.85. The number of pyridine rings is 1. The van der Waals surface area contributed by atoms with E-state index in [1.54, 1.807) is 31.2 Å². The van der Waals surface area contributed by atoms with Crippen LogP contribution in [0.5, 0.6) is 0 Å². The predicted octanol–water partition coefficient (Wildman–Crippen LogP) is 3.79. The minimum absolute atomic E-state index is 0.0671. The minimum atomic E-state index is -4.40. The van der Waals surface area contributed by atoms with Gasteiger partial charge in [-0.25, -0.2) is 0 Å². The maximum absolute atomic E-state index is 12.9. The Balaban J connectivity index is 2.56. The van der Waals surface area contributed by atoms with E-state index in [9.17, 15) is 13.2 Å². The van der Waals surface area contributed by atoms with Crippen molar-refractivity contribution >= 4 is 0 Å². The summed E-state index contributed by atoms with van der Waals surface area (Å²) in [4.78, 5) is 3.78. The molecule has 1 aromatic carbocycles. The van der Waals surface area contributed by atoms with Crippen molar-refractivity contribution in [3.63, 3.8) is 0 Å². The summed E-state index contributed by atoms with van der Waals surface area (Å²) in [6, 6.07) is 7.52. The molecule has 2 aromatic rings. The number of alkyl halides is 3. The highest BCUT2D eigenvalue weighted by Gasteiger charge is 2.33. The maximum atomic E-state index is 12.9. The molecule has 0 spiro atoms. The van der Waals surface area contributed by atoms with Crippen LogP contribution < -0.4 is 5.73 Å². The Morgan fingerprint density at radius 2 is 1.95 bits per heavy atom. The lowest BCUT2D eigenvalue weighted by Crippen LogP contribution is -2.08. The first-order valence-electron chi connectivity index (χ1n) is 5.76. The van der Waals surface area contributed by atoms with E-state index in [1.807, 2.05) is 0 Å². The summed E-state index contributed by atoms with van der Waals surface area (Å²) >= 11 is 0. The first kappa shape index (κ1) is 13.5. The van der Waals surface area contributed by atoms with Gasteiger partial charge in [0.05, 0.1) is 5.56 Å². The molecule has 100 valence electrons. The molecular weight excluding hydrogens is 253 g/mol. The van der Waals surface area contributed by atoms with Crippen LogP contribution in [0.4, 0.5) is 13.2 Å². The molecule has 0 aliphatic rings. The number of hydrogen-bond donors (Lipinski definition) is 1. The molecule has 2 nitrogen and oxygen atoms in total. The van der Waals surface area contributed by atoms with Crippen molar-refractivity contribution in [2.24, 2.45) is 5.73 Å². The van der Waals surface area contributed by atoms with Crippen molar-refractivity contribution in [3.05, 3.63) is 53.9 Å². The van der Waals surface area contributed by atoms with Gasteiger partial charge in [-0.3, -0.25) is 4.98 Å². The van der Waals surface area contributed by atoms with Crippen LogP contribution in [0, 0.1) is 0 Å². The van der Waals surface area contributed by atoms with Gasteiger partial charge < -0.3 is 5.73 Å². The summed E-state index contributed by atoms with van der Waals surface area (Å²) in [5.41, 5.74) is 6.38. The molecule has 0 saturated carbocycles. The lowest BCUT2D eigenvalue weighted by atomic mass is 9.98. The maximum Gasteiger partial charge on any atom is 0.417 e. The first-order chi connectivity index (χ1) is 8.89. The van der Waals surface area contributed by atoms with Gasteiger partial charge >= 0.3 is 6.18 Å². The van der Waals surface area contributed by atoms with Gasteiger partial charge in [-0.05, 0) is 30.2 Å². The van der Waals surface area contributed by atoms with Crippen LogP contribution in [0.1, 0.15) is 24.1 Å². The van der Waals surface area contributed by atoms with Gasteiger partial charge in [-0.15, -0.1) is 0 Å². The zero-order valence-corrected chi connectivity index (χ0v) is 10.3. The number of hydrogen-bond acceptors (Lipinski definition) is 2. The quantitative estimate of drug-likeness (QED) is 0.898. The van der Waals surface area contributed by atoms with Crippen molar-refractivity contribution in [3.8, 4) is 11.1 Å². The molecule has 1 aromatic heterocycles. The van der Waals surface area contributed by atoms with E-state index < -0.39 is 11.7 Å². The van der Waals surface area contributed by atoms with Crippen LogP contribution in [-0.4, -0.2) is 4.98 Å². The zero-order chi connectivity index (χ0) is 14.0. The molecule has 5 heteroatoms. The Morgan fingerprint density at radius 3 is 2.58 bits per heavy atom. The number of halogens is 3. The second-order valence-electron chi connectivity index (χ2n) is 4.33. The molecule has 0 radical (unpaired) electrons. The molecular formula is C14H13F3N2. The SMILES string of the molecule is CC(N)c1cccc(-c2cnccc2C(F)(F)F)c1. The molecule has 1 heterocycles. The normalized spacial score (nSPS) is 13.3. The molecule has 2 rings (SSSR count). The van der Waals surface area contributed by atoms with Crippen molar-refractivity contribution in [1.29, 1.82) is 0 Å². The number of nitrogens with two attached hydrogens (primary N) is 1. The fraction of sp³-hybridized carbons (Fsp3) is 0.214. The van der Waals surface area contributed by atoms with E-state index in [0.717, 1.165) is 17.8 Å². The summed E-state index contributed by atoms with van der Waals surface area (Å²) in [5.74, 6) is 0. The van der Waals surface area contributed by atoms with Crippen LogP contribution in [0.15, 0.2) is 42.7 Å². The van der Waals surface area contributed by atoms with Crippen molar-refractivity contribution in [2.45, 2.75) is 19.1 Å². The fourth-order valence-electron chi connectivity index (χ4n) is 1.86. The third-order valence-corrected chi connectivity index (χ3v) is 2.85. The Bertz CT molecular complexity index is 577. The molecule has 2 N–H and O–H groups in total. The second kappa shape index (κ2) is 5.01. The van der Waals surface area contributed by atoms with Crippen LogP contribution in [-0.2, 0) is 6.18 Å². The first-order valence-corrected chi connectivity index (χ1v) is 5.76. The summed E-state index contributed by atoms with van der Waals surface area (Å²) in [6.07, 6.45) is -2.03. The van der Waals surface area contributed by atoms with E-state index in [0.29, 0.717) is 5.56 Å². The highest BCUT2D eigenvalue weighted by molar-refractivity contribution is 5.67.